The predicted octanol–water partition coefficient (Wildman–Crippen LogP) is 4.11. The maximum Gasteiger partial charge on any atom is 0.410 e. The summed E-state index contributed by atoms with van der Waals surface area (Å²) in [5.74, 6) is 0. The summed E-state index contributed by atoms with van der Waals surface area (Å²) >= 11 is 0. The molecule has 2 rings (SSSR count). The lowest BCUT2D eigenvalue weighted by molar-refractivity contribution is -0.0435. The molecule has 2 fully saturated rings. The zero-order valence-corrected chi connectivity index (χ0v) is 14.0. The highest BCUT2D eigenvalue weighted by molar-refractivity contribution is 5.69. The lowest BCUT2D eigenvalue weighted by Gasteiger charge is -2.52. The topological polar surface area (TPSA) is 53.3 Å². The first-order valence-electron chi connectivity index (χ1n) is 8.00. The lowest BCUT2D eigenvalue weighted by Crippen LogP contribution is -2.59. The molecule has 1 aliphatic heterocycles. The summed E-state index contributed by atoms with van der Waals surface area (Å²) < 4.78 is 5.59. The SMILES string of the molecule is CC1(C)CCC(C2(C#N)CCC2)N(C(=O)OC(C)(C)C)C1. The minimum atomic E-state index is -0.497. The van der Waals surface area contributed by atoms with Crippen molar-refractivity contribution in [3.05, 3.63) is 0 Å². The van der Waals surface area contributed by atoms with Crippen molar-refractivity contribution in [1.82, 2.24) is 4.90 Å². The summed E-state index contributed by atoms with van der Waals surface area (Å²) in [4.78, 5) is 14.5. The maximum atomic E-state index is 12.6. The van der Waals surface area contributed by atoms with Gasteiger partial charge in [-0.1, -0.05) is 20.3 Å². The van der Waals surface area contributed by atoms with Crippen LogP contribution in [0.1, 0.15) is 66.7 Å². The van der Waals surface area contributed by atoms with Crippen LogP contribution in [0, 0.1) is 22.2 Å². The number of nitriles is 1. The minimum Gasteiger partial charge on any atom is -0.444 e. The summed E-state index contributed by atoms with van der Waals surface area (Å²) in [5.41, 5.74) is -0.746. The van der Waals surface area contributed by atoms with Crippen molar-refractivity contribution < 1.29 is 9.53 Å². The lowest BCUT2D eigenvalue weighted by atomic mass is 9.61. The first-order valence-corrected chi connectivity index (χ1v) is 8.00. The summed E-state index contributed by atoms with van der Waals surface area (Å²) in [6, 6.07) is 2.52. The third kappa shape index (κ3) is 3.33. The van der Waals surface area contributed by atoms with Gasteiger partial charge in [0.15, 0.2) is 0 Å². The van der Waals surface area contributed by atoms with Gasteiger partial charge in [0.05, 0.1) is 17.5 Å². The van der Waals surface area contributed by atoms with Gasteiger partial charge in [-0.05, 0) is 51.9 Å². The van der Waals surface area contributed by atoms with E-state index in [1.807, 2.05) is 25.7 Å². The zero-order valence-electron chi connectivity index (χ0n) is 14.0. The van der Waals surface area contributed by atoms with E-state index >= 15 is 0 Å². The molecule has 0 aromatic rings. The van der Waals surface area contributed by atoms with E-state index in [2.05, 4.69) is 19.9 Å². The smallest absolute Gasteiger partial charge is 0.410 e. The van der Waals surface area contributed by atoms with Crippen LogP contribution in [0.2, 0.25) is 0 Å². The van der Waals surface area contributed by atoms with Gasteiger partial charge in [-0.3, -0.25) is 0 Å². The normalized spacial score (nSPS) is 27.4. The number of rotatable bonds is 1. The van der Waals surface area contributed by atoms with Gasteiger partial charge < -0.3 is 9.64 Å². The first-order chi connectivity index (χ1) is 9.59. The molecular weight excluding hydrogens is 264 g/mol. The summed E-state index contributed by atoms with van der Waals surface area (Å²) in [6.45, 7) is 10.7. The number of carbonyl (C=O) groups is 1. The number of hydrogen-bond acceptors (Lipinski definition) is 3. The molecule has 21 heavy (non-hydrogen) atoms. The molecule has 1 atom stereocenters. The largest absolute Gasteiger partial charge is 0.444 e. The molecule has 118 valence electrons. The van der Waals surface area contributed by atoms with Crippen molar-refractivity contribution in [1.29, 1.82) is 5.26 Å². The standard InChI is InChI=1S/C17H28N2O2/c1-15(2,3)21-14(20)19-12-16(4,5)10-7-13(19)17(11-18)8-6-9-17/h13H,6-10,12H2,1-5H3. The van der Waals surface area contributed by atoms with Crippen LogP contribution in [0.15, 0.2) is 0 Å². The number of amides is 1. The number of hydrogen-bond donors (Lipinski definition) is 0. The van der Waals surface area contributed by atoms with Gasteiger partial charge in [0.25, 0.3) is 0 Å². The van der Waals surface area contributed by atoms with Crippen molar-refractivity contribution in [3.8, 4) is 6.07 Å². The van der Waals surface area contributed by atoms with Crippen LogP contribution < -0.4 is 0 Å². The van der Waals surface area contributed by atoms with Crippen molar-refractivity contribution in [2.45, 2.75) is 78.4 Å². The average Bonchev–Trinajstić information content (AvgIpc) is 2.27. The number of nitrogens with zero attached hydrogens (tertiary/aromatic N) is 2. The van der Waals surface area contributed by atoms with E-state index in [1.165, 1.54) is 0 Å². The van der Waals surface area contributed by atoms with E-state index in [4.69, 9.17) is 4.74 Å². The Morgan fingerprint density at radius 3 is 2.33 bits per heavy atom. The van der Waals surface area contributed by atoms with Crippen LogP contribution in [-0.4, -0.2) is 29.2 Å². The molecular formula is C17H28N2O2. The molecule has 1 aliphatic carbocycles. The Balaban J connectivity index is 2.22. The molecule has 1 heterocycles. The molecule has 4 nitrogen and oxygen atoms in total. The van der Waals surface area contributed by atoms with Crippen LogP contribution in [0.25, 0.3) is 0 Å². The third-order valence-corrected chi connectivity index (χ3v) is 4.80. The molecule has 0 bridgehead atoms. The molecule has 0 aromatic heterocycles. The van der Waals surface area contributed by atoms with Crippen molar-refractivity contribution >= 4 is 6.09 Å². The molecule has 0 radical (unpaired) electrons. The fourth-order valence-corrected chi connectivity index (χ4v) is 3.50. The van der Waals surface area contributed by atoms with E-state index < -0.39 is 5.60 Å². The number of ether oxygens (including phenoxy) is 1. The van der Waals surface area contributed by atoms with Gasteiger partial charge in [-0.2, -0.15) is 5.26 Å². The third-order valence-electron chi connectivity index (χ3n) is 4.80. The van der Waals surface area contributed by atoms with E-state index in [9.17, 15) is 10.1 Å². The molecule has 1 unspecified atom stereocenters. The van der Waals surface area contributed by atoms with E-state index in [0.29, 0.717) is 6.54 Å². The number of likely N-dealkylation sites (tertiary alicyclic amines) is 1. The molecule has 1 saturated heterocycles. The molecule has 4 heteroatoms. The second kappa shape index (κ2) is 5.19. The monoisotopic (exact) mass is 292 g/mol. The van der Waals surface area contributed by atoms with Gasteiger partial charge >= 0.3 is 6.09 Å². The molecule has 1 saturated carbocycles. The Hall–Kier alpha value is -1.24. The Morgan fingerprint density at radius 1 is 1.29 bits per heavy atom. The molecule has 0 N–H and O–H groups in total. The van der Waals surface area contributed by atoms with Crippen LogP contribution in [-0.2, 0) is 4.74 Å². The number of carbonyl (C=O) groups excluding carboxylic acids is 1. The van der Waals surface area contributed by atoms with E-state index in [-0.39, 0.29) is 23.0 Å². The van der Waals surface area contributed by atoms with E-state index in [1.54, 1.807) is 0 Å². The molecule has 0 aromatic carbocycles. The maximum absolute atomic E-state index is 12.6. The average molecular weight is 292 g/mol. The fourth-order valence-electron chi connectivity index (χ4n) is 3.50. The van der Waals surface area contributed by atoms with Gasteiger partial charge in [0.1, 0.15) is 5.60 Å². The van der Waals surface area contributed by atoms with Gasteiger partial charge in [0.2, 0.25) is 0 Å². The van der Waals surface area contributed by atoms with E-state index in [0.717, 1.165) is 32.1 Å². The summed E-state index contributed by atoms with van der Waals surface area (Å²) in [5, 5.41) is 9.62. The first kappa shape index (κ1) is 16.1. The highest BCUT2D eigenvalue weighted by Crippen LogP contribution is 2.50. The molecule has 2 aliphatic rings. The Bertz CT molecular complexity index is 452. The Labute approximate surface area is 128 Å². The highest BCUT2D eigenvalue weighted by Gasteiger charge is 2.52. The Morgan fingerprint density at radius 2 is 1.90 bits per heavy atom. The highest BCUT2D eigenvalue weighted by atomic mass is 16.6. The Kier molecular flexibility index (Phi) is 3.99. The van der Waals surface area contributed by atoms with Crippen LogP contribution in [0.5, 0.6) is 0 Å². The molecule has 0 spiro atoms. The van der Waals surface area contributed by atoms with Crippen molar-refractivity contribution in [2.24, 2.45) is 10.8 Å². The fraction of sp³-hybridized carbons (Fsp3) is 0.882. The zero-order chi connectivity index (χ0) is 15.9. The van der Waals surface area contributed by atoms with Crippen molar-refractivity contribution in [2.75, 3.05) is 6.54 Å². The second-order valence-electron chi connectivity index (χ2n) is 8.45. The van der Waals surface area contributed by atoms with Gasteiger partial charge in [-0.15, -0.1) is 0 Å². The quantitative estimate of drug-likeness (QED) is 0.731. The number of piperidine rings is 1. The second-order valence-corrected chi connectivity index (χ2v) is 8.45. The van der Waals surface area contributed by atoms with Crippen LogP contribution >= 0.6 is 0 Å². The summed E-state index contributed by atoms with van der Waals surface area (Å²) in [7, 11) is 0. The summed E-state index contributed by atoms with van der Waals surface area (Å²) in [6.07, 6.45) is 4.61. The van der Waals surface area contributed by atoms with Crippen molar-refractivity contribution in [3.63, 3.8) is 0 Å². The molecule has 1 amide bonds. The van der Waals surface area contributed by atoms with Gasteiger partial charge in [0, 0.05) is 6.54 Å². The van der Waals surface area contributed by atoms with Crippen LogP contribution in [0.4, 0.5) is 4.79 Å². The van der Waals surface area contributed by atoms with Crippen LogP contribution in [0.3, 0.4) is 0 Å². The predicted molar refractivity (Wildman–Crippen MR) is 81.6 cm³/mol. The minimum absolute atomic E-state index is 0.0131. The van der Waals surface area contributed by atoms with Gasteiger partial charge in [-0.25, -0.2) is 4.79 Å².